The average molecular weight is 259 g/mol. The molecular formula is C14H17N3O2. The molecule has 1 saturated carbocycles. The van der Waals surface area contributed by atoms with Crippen molar-refractivity contribution in [1.29, 1.82) is 5.26 Å². The van der Waals surface area contributed by atoms with Crippen LogP contribution in [0.5, 0.6) is 0 Å². The van der Waals surface area contributed by atoms with Gasteiger partial charge >= 0.3 is 0 Å². The molecule has 5 heteroatoms. The number of carbonyl (C=O) groups excluding carboxylic acids is 1. The Hall–Kier alpha value is -2.09. The monoisotopic (exact) mass is 259 g/mol. The summed E-state index contributed by atoms with van der Waals surface area (Å²) < 4.78 is 0. The number of pyridine rings is 1. The van der Waals surface area contributed by atoms with Gasteiger partial charge in [-0.15, -0.1) is 0 Å². The van der Waals surface area contributed by atoms with Crippen LogP contribution in [0.15, 0.2) is 23.3 Å². The average Bonchev–Trinajstić information content (AvgIpc) is 2.65. The minimum Gasteiger partial charge on any atom is -0.367 e. The third-order valence-corrected chi connectivity index (χ3v) is 3.59. The van der Waals surface area contributed by atoms with Gasteiger partial charge in [-0.05, 0) is 12.8 Å². The Balaban J connectivity index is 2.19. The Kier molecular flexibility index (Phi) is 4.00. The first-order valence-electron chi connectivity index (χ1n) is 6.58. The third kappa shape index (κ3) is 3.02. The van der Waals surface area contributed by atoms with Gasteiger partial charge in [0.25, 0.3) is 5.91 Å². The topological polar surface area (TPSA) is 85.8 Å². The van der Waals surface area contributed by atoms with Crippen LogP contribution in [0.4, 0.5) is 0 Å². The van der Waals surface area contributed by atoms with E-state index in [1.54, 1.807) is 0 Å². The van der Waals surface area contributed by atoms with Crippen molar-refractivity contribution in [1.82, 2.24) is 10.3 Å². The predicted octanol–water partition coefficient (Wildman–Crippen LogP) is 1.72. The number of nitrogens with one attached hydrogen (secondary N) is 2. The third-order valence-electron chi connectivity index (χ3n) is 3.59. The molecule has 0 saturated heterocycles. The Morgan fingerprint density at radius 2 is 2.00 bits per heavy atom. The van der Waals surface area contributed by atoms with Gasteiger partial charge in [-0.25, -0.2) is 0 Å². The number of nitriles is 1. The van der Waals surface area contributed by atoms with E-state index in [1.807, 2.05) is 0 Å². The number of carbonyl (C=O) groups is 1. The van der Waals surface area contributed by atoms with E-state index in [1.165, 1.54) is 18.5 Å². The molecule has 0 radical (unpaired) electrons. The zero-order valence-corrected chi connectivity index (χ0v) is 10.7. The number of nitrogens with zero attached hydrogens (tertiary/aromatic N) is 1. The summed E-state index contributed by atoms with van der Waals surface area (Å²) in [7, 11) is 0. The van der Waals surface area contributed by atoms with Gasteiger partial charge in [-0.3, -0.25) is 9.59 Å². The normalized spacial score (nSPS) is 18.1. The molecule has 0 atom stereocenters. The molecule has 2 rings (SSSR count). The van der Waals surface area contributed by atoms with Crippen molar-refractivity contribution in [2.24, 2.45) is 0 Å². The first-order chi connectivity index (χ1) is 9.17. The van der Waals surface area contributed by atoms with Gasteiger partial charge in [0.1, 0.15) is 11.1 Å². The SMILES string of the molecule is N#CC1(NC(=O)c2c[nH]ccc2=O)CCCCCC1. The molecular weight excluding hydrogens is 242 g/mol. The van der Waals surface area contributed by atoms with E-state index < -0.39 is 11.4 Å². The molecule has 1 heterocycles. The summed E-state index contributed by atoms with van der Waals surface area (Å²) in [6.45, 7) is 0. The lowest BCUT2D eigenvalue weighted by Crippen LogP contribution is -2.48. The molecule has 5 nitrogen and oxygen atoms in total. The van der Waals surface area contributed by atoms with Gasteiger partial charge in [0.05, 0.1) is 6.07 Å². The summed E-state index contributed by atoms with van der Waals surface area (Å²) in [5.74, 6) is -0.467. The highest BCUT2D eigenvalue weighted by molar-refractivity contribution is 5.94. The largest absolute Gasteiger partial charge is 0.367 e. The first-order valence-corrected chi connectivity index (χ1v) is 6.58. The van der Waals surface area contributed by atoms with Crippen LogP contribution >= 0.6 is 0 Å². The summed E-state index contributed by atoms with van der Waals surface area (Å²) in [5, 5.41) is 12.1. The van der Waals surface area contributed by atoms with Crippen LogP contribution in [0.25, 0.3) is 0 Å². The van der Waals surface area contributed by atoms with Gasteiger partial charge in [0, 0.05) is 18.5 Å². The minimum atomic E-state index is -0.824. The molecule has 2 N–H and O–H groups in total. The zero-order valence-electron chi connectivity index (χ0n) is 10.7. The Labute approximate surface area is 111 Å². The van der Waals surface area contributed by atoms with Crippen LogP contribution in [-0.2, 0) is 0 Å². The van der Waals surface area contributed by atoms with Gasteiger partial charge < -0.3 is 10.3 Å². The molecule has 1 aromatic heterocycles. The highest BCUT2D eigenvalue weighted by Crippen LogP contribution is 2.26. The van der Waals surface area contributed by atoms with E-state index in [2.05, 4.69) is 16.4 Å². The highest BCUT2D eigenvalue weighted by atomic mass is 16.2. The van der Waals surface area contributed by atoms with Crippen LogP contribution in [0.1, 0.15) is 48.9 Å². The standard InChI is InChI=1S/C14H17N3O2/c15-10-14(6-3-1-2-4-7-14)17-13(19)11-9-16-8-5-12(11)18/h5,8-9H,1-4,6-7H2,(H,16,18)(H,17,19). The molecule has 0 unspecified atom stereocenters. The minimum absolute atomic E-state index is 0.0568. The van der Waals surface area contributed by atoms with Crippen molar-refractivity contribution in [3.63, 3.8) is 0 Å². The Bertz CT molecular complexity index is 548. The quantitative estimate of drug-likeness (QED) is 0.793. The fourth-order valence-corrected chi connectivity index (χ4v) is 2.48. The number of H-pyrrole nitrogens is 1. The van der Waals surface area contributed by atoms with Gasteiger partial charge in [0.2, 0.25) is 0 Å². The number of amides is 1. The molecule has 1 amide bonds. The van der Waals surface area contributed by atoms with Crippen molar-refractivity contribution >= 4 is 5.91 Å². The maximum absolute atomic E-state index is 12.1. The smallest absolute Gasteiger partial charge is 0.257 e. The maximum atomic E-state index is 12.1. The summed E-state index contributed by atoms with van der Waals surface area (Å²) in [6, 6.07) is 3.54. The molecule has 19 heavy (non-hydrogen) atoms. The van der Waals surface area contributed by atoms with E-state index in [0.717, 1.165) is 25.7 Å². The van der Waals surface area contributed by atoms with E-state index in [0.29, 0.717) is 12.8 Å². The number of aromatic amines is 1. The number of hydrogen-bond donors (Lipinski definition) is 2. The van der Waals surface area contributed by atoms with Gasteiger partial charge in [0.15, 0.2) is 5.43 Å². The van der Waals surface area contributed by atoms with E-state index in [4.69, 9.17) is 0 Å². The summed E-state index contributed by atoms with van der Waals surface area (Å²) in [4.78, 5) is 26.4. The van der Waals surface area contributed by atoms with Crippen LogP contribution in [0.3, 0.4) is 0 Å². The predicted molar refractivity (Wildman–Crippen MR) is 70.6 cm³/mol. The second-order valence-corrected chi connectivity index (χ2v) is 4.98. The van der Waals surface area contributed by atoms with Crippen LogP contribution in [-0.4, -0.2) is 16.4 Å². The van der Waals surface area contributed by atoms with Gasteiger partial charge in [-0.2, -0.15) is 5.26 Å². The lowest BCUT2D eigenvalue weighted by molar-refractivity contribution is 0.0911. The first kappa shape index (κ1) is 13.3. The summed E-state index contributed by atoms with van der Waals surface area (Å²) in [6.07, 6.45) is 8.19. The Morgan fingerprint density at radius 3 is 2.58 bits per heavy atom. The zero-order chi connectivity index (χ0) is 13.7. The van der Waals surface area contributed by atoms with Crippen molar-refractivity contribution < 1.29 is 4.79 Å². The molecule has 0 bridgehead atoms. The Morgan fingerprint density at radius 1 is 1.32 bits per heavy atom. The van der Waals surface area contributed by atoms with E-state index in [-0.39, 0.29) is 11.0 Å². The molecule has 0 spiro atoms. The molecule has 1 aliphatic rings. The van der Waals surface area contributed by atoms with Crippen LogP contribution in [0.2, 0.25) is 0 Å². The fourth-order valence-electron chi connectivity index (χ4n) is 2.48. The maximum Gasteiger partial charge on any atom is 0.257 e. The van der Waals surface area contributed by atoms with E-state index >= 15 is 0 Å². The number of rotatable bonds is 2. The van der Waals surface area contributed by atoms with Crippen LogP contribution in [0, 0.1) is 11.3 Å². The highest BCUT2D eigenvalue weighted by Gasteiger charge is 2.33. The van der Waals surface area contributed by atoms with Crippen molar-refractivity contribution in [2.45, 2.75) is 44.1 Å². The molecule has 1 aromatic rings. The van der Waals surface area contributed by atoms with E-state index in [9.17, 15) is 14.9 Å². The second kappa shape index (κ2) is 5.70. The number of hydrogen-bond acceptors (Lipinski definition) is 3. The second-order valence-electron chi connectivity index (χ2n) is 4.98. The van der Waals surface area contributed by atoms with Crippen molar-refractivity contribution in [2.75, 3.05) is 0 Å². The molecule has 1 fully saturated rings. The lowest BCUT2D eigenvalue weighted by Gasteiger charge is -2.26. The summed E-state index contributed by atoms with van der Waals surface area (Å²) in [5.41, 5.74) is -1.10. The molecule has 0 aromatic carbocycles. The van der Waals surface area contributed by atoms with Gasteiger partial charge in [-0.1, -0.05) is 25.7 Å². The lowest BCUT2D eigenvalue weighted by atomic mass is 9.91. The van der Waals surface area contributed by atoms with Crippen LogP contribution < -0.4 is 10.7 Å². The number of aromatic nitrogens is 1. The summed E-state index contributed by atoms with van der Waals surface area (Å²) >= 11 is 0. The van der Waals surface area contributed by atoms with Crippen molar-refractivity contribution in [3.8, 4) is 6.07 Å². The molecule has 100 valence electrons. The van der Waals surface area contributed by atoms with Crippen molar-refractivity contribution in [3.05, 3.63) is 34.2 Å². The molecule has 1 aliphatic carbocycles. The molecule has 0 aliphatic heterocycles. The fraction of sp³-hybridized carbons (Fsp3) is 0.500.